The highest BCUT2D eigenvalue weighted by Crippen LogP contribution is 2.25. The lowest BCUT2D eigenvalue weighted by Crippen LogP contribution is -2.50. The van der Waals surface area contributed by atoms with Crippen molar-refractivity contribution in [3.63, 3.8) is 0 Å². The molecule has 1 heterocycles. The highest BCUT2D eigenvalue weighted by molar-refractivity contribution is 7.99. The number of benzene rings is 1. The first-order chi connectivity index (χ1) is 10.5. The quantitative estimate of drug-likeness (QED) is 0.842. The smallest absolute Gasteiger partial charge is 0.327 e. The van der Waals surface area contributed by atoms with E-state index in [1.54, 1.807) is 0 Å². The fourth-order valence-electron chi connectivity index (χ4n) is 2.44. The number of nitrogens with zero attached hydrogens (tertiary/aromatic N) is 1. The molecule has 1 aromatic rings. The lowest BCUT2D eigenvalue weighted by Gasteiger charge is -2.30. The molecule has 0 spiro atoms. The van der Waals surface area contributed by atoms with Crippen molar-refractivity contribution < 1.29 is 14.7 Å². The van der Waals surface area contributed by atoms with Gasteiger partial charge in [0.15, 0.2) is 0 Å². The molecule has 0 aromatic heterocycles. The molecule has 120 valence electrons. The highest BCUT2D eigenvalue weighted by Gasteiger charge is 2.38. The molecule has 1 aromatic carbocycles. The molecule has 0 aliphatic carbocycles. The van der Waals surface area contributed by atoms with Crippen LogP contribution in [0.2, 0.25) is 0 Å². The summed E-state index contributed by atoms with van der Waals surface area (Å²) in [5, 5.41) is 12.5. The number of nitrogens with one attached hydrogen (secondary N) is 1. The molecule has 0 bridgehead atoms. The van der Waals surface area contributed by atoms with Crippen LogP contribution in [0.1, 0.15) is 20.3 Å². The maximum atomic E-state index is 12.9. The second-order valence-corrected chi connectivity index (χ2v) is 6.54. The zero-order valence-electron chi connectivity index (χ0n) is 12.9. The Bertz CT molecular complexity index is 523. The Morgan fingerprint density at radius 1 is 1.41 bits per heavy atom. The molecule has 0 saturated carbocycles. The van der Waals surface area contributed by atoms with Gasteiger partial charge in [0.2, 0.25) is 5.91 Å². The van der Waals surface area contributed by atoms with E-state index in [4.69, 9.17) is 0 Å². The molecule has 1 saturated heterocycles. The zero-order valence-corrected chi connectivity index (χ0v) is 13.7. The van der Waals surface area contributed by atoms with Crippen LogP contribution in [0.15, 0.2) is 30.3 Å². The molecule has 5 nitrogen and oxygen atoms in total. The summed E-state index contributed by atoms with van der Waals surface area (Å²) in [5.41, 5.74) is 0.875. The number of carboxylic acids is 1. The van der Waals surface area contributed by atoms with Crippen molar-refractivity contribution in [2.45, 2.75) is 32.4 Å². The molecule has 1 aliphatic heterocycles. The minimum atomic E-state index is -0.930. The summed E-state index contributed by atoms with van der Waals surface area (Å²) in [6.45, 7) is 4.04. The molecular weight excluding hydrogens is 300 g/mol. The molecule has 22 heavy (non-hydrogen) atoms. The van der Waals surface area contributed by atoms with Gasteiger partial charge in [0.1, 0.15) is 12.1 Å². The molecule has 6 heteroatoms. The number of rotatable bonds is 6. The van der Waals surface area contributed by atoms with E-state index in [1.165, 1.54) is 16.7 Å². The van der Waals surface area contributed by atoms with Crippen molar-refractivity contribution in [1.82, 2.24) is 4.90 Å². The summed E-state index contributed by atoms with van der Waals surface area (Å²) in [4.78, 5) is 25.6. The summed E-state index contributed by atoms with van der Waals surface area (Å²) in [5.74, 6) is -0.0388. The number of carboxylic acid groups (broad SMARTS) is 1. The van der Waals surface area contributed by atoms with Crippen LogP contribution in [0, 0.1) is 5.92 Å². The van der Waals surface area contributed by atoms with E-state index in [0.717, 1.165) is 12.1 Å². The SMILES string of the molecule is CCC(C)C(Nc1ccccc1)C(=O)N1CSCC1C(=O)O. The molecule has 3 atom stereocenters. The average molecular weight is 322 g/mol. The van der Waals surface area contributed by atoms with Crippen molar-refractivity contribution in [2.24, 2.45) is 5.92 Å². The monoisotopic (exact) mass is 322 g/mol. The van der Waals surface area contributed by atoms with Gasteiger partial charge < -0.3 is 15.3 Å². The largest absolute Gasteiger partial charge is 0.480 e. The third-order valence-corrected chi connectivity index (χ3v) is 5.04. The van der Waals surface area contributed by atoms with Gasteiger partial charge in [-0.1, -0.05) is 38.5 Å². The molecular formula is C16H22N2O3S. The standard InChI is InChI=1S/C16H22N2O3S/c1-3-11(2)14(17-12-7-5-4-6-8-12)15(19)18-10-22-9-13(18)16(20)21/h4-8,11,13-14,17H,3,9-10H2,1-2H3,(H,20,21). The molecule has 0 radical (unpaired) electrons. The van der Waals surface area contributed by atoms with Crippen molar-refractivity contribution in [2.75, 3.05) is 16.9 Å². The first kappa shape index (κ1) is 16.7. The van der Waals surface area contributed by atoms with Gasteiger partial charge in [0, 0.05) is 11.4 Å². The van der Waals surface area contributed by atoms with E-state index < -0.39 is 18.1 Å². The zero-order chi connectivity index (χ0) is 16.1. The first-order valence-corrected chi connectivity index (χ1v) is 8.62. The van der Waals surface area contributed by atoms with Gasteiger partial charge in [0.05, 0.1) is 5.88 Å². The Morgan fingerprint density at radius 2 is 2.09 bits per heavy atom. The minimum absolute atomic E-state index is 0.118. The lowest BCUT2D eigenvalue weighted by atomic mass is 9.97. The number of aliphatic carboxylic acids is 1. The normalized spacial score (nSPS) is 20.5. The predicted octanol–water partition coefficient (Wildman–Crippen LogP) is 2.50. The Balaban J connectivity index is 2.18. The van der Waals surface area contributed by atoms with Crippen LogP contribution in [-0.4, -0.2) is 45.6 Å². The Hall–Kier alpha value is -1.69. The number of amides is 1. The van der Waals surface area contributed by atoms with Crippen LogP contribution in [0.25, 0.3) is 0 Å². The second kappa shape index (κ2) is 7.54. The number of carbonyl (C=O) groups excluding carboxylic acids is 1. The minimum Gasteiger partial charge on any atom is -0.480 e. The van der Waals surface area contributed by atoms with Crippen molar-refractivity contribution in [3.05, 3.63) is 30.3 Å². The first-order valence-electron chi connectivity index (χ1n) is 7.47. The number of hydrogen-bond acceptors (Lipinski definition) is 4. The van der Waals surface area contributed by atoms with E-state index in [9.17, 15) is 14.7 Å². The maximum Gasteiger partial charge on any atom is 0.327 e. The van der Waals surface area contributed by atoms with Crippen LogP contribution in [0.5, 0.6) is 0 Å². The molecule has 1 aliphatic rings. The van der Waals surface area contributed by atoms with E-state index >= 15 is 0 Å². The predicted molar refractivity (Wildman–Crippen MR) is 88.9 cm³/mol. The van der Waals surface area contributed by atoms with Gasteiger partial charge >= 0.3 is 5.97 Å². The van der Waals surface area contributed by atoms with Gasteiger partial charge in [-0.2, -0.15) is 0 Å². The van der Waals surface area contributed by atoms with Crippen LogP contribution in [-0.2, 0) is 9.59 Å². The fourth-order valence-corrected chi connectivity index (χ4v) is 3.60. The maximum absolute atomic E-state index is 12.9. The van der Waals surface area contributed by atoms with Crippen LogP contribution >= 0.6 is 11.8 Å². The van der Waals surface area contributed by atoms with Crippen molar-refractivity contribution in [1.29, 1.82) is 0 Å². The van der Waals surface area contributed by atoms with Gasteiger partial charge in [-0.15, -0.1) is 11.8 Å². The lowest BCUT2D eigenvalue weighted by molar-refractivity contribution is -0.148. The average Bonchev–Trinajstić information content (AvgIpc) is 3.02. The van der Waals surface area contributed by atoms with E-state index in [1.807, 2.05) is 44.2 Å². The van der Waals surface area contributed by atoms with Gasteiger partial charge in [-0.05, 0) is 18.1 Å². The van der Waals surface area contributed by atoms with Crippen molar-refractivity contribution in [3.8, 4) is 0 Å². The van der Waals surface area contributed by atoms with E-state index in [2.05, 4.69) is 5.32 Å². The summed E-state index contributed by atoms with van der Waals surface area (Å²) >= 11 is 1.49. The van der Waals surface area contributed by atoms with Crippen LogP contribution in [0.3, 0.4) is 0 Å². The van der Waals surface area contributed by atoms with Crippen LogP contribution < -0.4 is 5.32 Å². The Labute approximate surface area is 135 Å². The third kappa shape index (κ3) is 3.74. The Morgan fingerprint density at radius 3 is 2.68 bits per heavy atom. The van der Waals surface area contributed by atoms with E-state index in [0.29, 0.717) is 11.6 Å². The molecule has 1 fully saturated rings. The second-order valence-electron chi connectivity index (χ2n) is 5.54. The third-order valence-electron chi connectivity index (χ3n) is 4.03. The molecule has 1 amide bonds. The summed E-state index contributed by atoms with van der Waals surface area (Å²) in [6, 6.07) is 8.43. The topological polar surface area (TPSA) is 69.6 Å². The summed E-state index contributed by atoms with van der Waals surface area (Å²) in [7, 11) is 0. The summed E-state index contributed by atoms with van der Waals surface area (Å²) in [6.07, 6.45) is 0.842. The number of hydrogen-bond donors (Lipinski definition) is 2. The fraction of sp³-hybridized carbons (Fsp3) is 0.500. The summed E-state index contributed by atoms with van der Waals surface area (Å²) < 4.78 is 0. The number of thioether (sulfide) groups is 1. The van der Waals surface area contributed by atoms with Crippen molar-refractivity contribution >= 4 is 29.3 Å². The van der Waals surface area contributed by atoms with Gasteiger partial charge in [0.25, 0.3) is 0 Å². The van der Waals surface area contributed by atoms with E-state index in [-0.39, 0.29) is 11.8 Å². The number of para-hydroxylation sites is 1. The van der Waals surface area contributed by atoms with Gasteiger partial charge in [-0.3, -0.25) is 4.79 Å². The van der Waals surface area contributed by atoms with Crippen LogP contribution in [0.4, 0.5) is 5.69 Å². The molecule has 2 rings (SSSR count). The molecule has 2 N–H and O–H groups in total. The highest BCUT2D eigenvalue weighted by atomic mass is 32.2. The number of anilines is 1. The number of carbonyl (C=O) groups is 2. The van der Waals surface area contributed by atoms with Gasteiger partial charge in [-0.25, -0.2) is 4.79 Å². The molecule has 3 unspecified atom stereocenters. The Kier molecular flexibility index (Phi) is 5.71.